The van der Waals surface area contributed by atoms with E-state index in [4.69, 9.17) is 5.11 Å². The Balaban J connectivity index is 1.85. The Kier molecular flexibility index (Phi) is 5.71. The number of carboxylic acids is 1. The first-order valence-electron chi connectivity index (χ1n) is 11.0. The first kappa shape index (κ1) is 20.7. The Morgan fingerprint density at radius 3 is 2.30 bits per heavy atom. The topological polar surface area (TPSA) is 131 Å². The van der Waals surface area contributed by atoms with E-state index < -0.39 is 41.1 Å². The molecule has 3 fully saturated rings. The van der Waals surface area contributed by atoms with Crippen molar-refractivity contribution in [1.29, 1.82) is 0 Å². The van der Waals surface area contributed by atoms with Crippen LogP contribution in [0.25, 0.3) is 0 Å². The van der Waals surface area contributed by atoms with Crippen molar-refractivity contribution in [3.63, 3.8) is 0 Å². The summed E-state index contributed by atoms with van der Waals surface area (Å²) in [7, 11) is 0. The van der Waals surface area contributed by atoms with Gasteiger partial charge in [0.25, 0.3) is 11.5 Å². The first-order chi connectivity index (χ1) is 14.4. The van der Waals surface area contributed by atoms with Crippen molar-refractivity contribution in [2.45, 2.75) is 76.3 Å². The molecule has 0 spiro atoms. The Morgan fingerprint density at radius 2 is 1.67 bits per heavy atom. The highest BCUT2D eigenvalue weighted by atomic mass is 16.4. The van der Waals surface area contributed by atoms with Crippen molar-refractivity contribution >= 4 is 11.9 Å². The van der Waals surface area contributed by atoms with Gasteiger partial charge in [0.2, 0.25) is 5.88 Å². The summed E-state index contributed by atoms with van der Waals surface area (Å²) in [5.74, 6) is -2.07. The van der Waals surface area contributed by atoms with Crippen LogP contribution >= 0.6 is 0 Å². The van der Waals surface area contributed by atoms with Crippen LogP contribution in [0.4, 0.5) is 0 Å². The van der Waals surface area contributed by atoms with E-state index in [-0.39, 0.29) is 18.0 Å². The van der Waals surface area contributed by atoms with E-state index in [9.17, 15) is 24.3 Å². The number of carboxylic acid groups (broad SMARTS) is 1. The Labute approximate surface area is 173 Å². The molecule has 3 N–H and O–H groups in total. The Bertz CT molecular complexity index is 959. The lowest BCUT2D eigenvalue weighted by molar-refractivity contribution is -0.135. The third kappa shape index (κ3) is 3.54. The predicted octanol–water partition coefficient (Wildman–Crippen LogP) is 1.79. The van der Waals surface area contributed by atoms with Gasteiger partial charge in [-0.15, -0.1) is 0 Å². The van der Waals surface area contributed by atoms with Crippen LogP contribution < -0.4 is 16.6 Å². The number of hydrogen-bond donors (Lipinski definition) is 3. The van der Waals surface area contributed by atoms with Crippen molar-refractivity contribution < 1.29 is 19.8 Å². The molecule has 3 aliphatic rings. The van der Waals surface area contributed by atoms with E-state index in [0.717, 1.165) is 49.5 Å². The minimum absolute atomic E-state index is 0.244. The van der Waals surface area contributed by atoms with Crippen molar-refractivity contribution in [3.05, 3.63) is 26.4 Å². The van der Waals surface area contributed by atoms with E-state index in [1.54, 1.807) is 0 Å². The number of aromatic nitrogens is 2. The predicted molar refractivity (Wildman–Crippen MR) is 108 cm³/mol. The molecule has 0 aliphatic heterocycles. The third-order valence-electron chi connectivity index (χ3n) is 7.24. The highest BCUT2D eigenvalue weighted by Gasteiger charge is 2.43. The van der Waals surface area contributed by atoms with E-state index in [0.29, 0.717) is 25.2 Å². The van der Waals surface area contributed by atoms with Crippen LogP contribution in [0.5, 0.6) is 5.88 Å². The maximum atomic E-state index is 13.5. The maximum Gasteiger partial charge on any atom is 0.334 e. The summed E-state index contributed by atoms with van der Waals surface area (Å²) in [6.07, 6.45) is 8.99. The number of hydrogen-bond acceptors (Lipinski definition) is 5. The smallest absolute Gasteiger partial charge is 0.334 e. The number of nitrogens with zero attached hydrogens (tertiary/aromatic N) is 2. The number of aliphatic carboxylic acids is 1. The first-order valence-corrected chi connectivity index (χ1v) is 11.0. The Morgan fingerprint density at radius 1 is 0.933 bits per heavy atom. The van der Waals surface area contributed by atoms with Crippen molar-refractivity contribution in [2.75, 3.05) is 6.54 Å². The standard InChI is InChI=1S/C21H29N3O6/c25-16(26)11-22-18(27)17-19(28)23(13-6-2-1-3-7-13)21(30)24(20(17)29)15-8-4-5-12-9-10-14(12)15/h12-15,29H,1-11H2,(H,22,27)(H,25,26)/t12?,14-,15-/m1/s1. The molecule has 30 heavy (non-hydrogen) atoms. The lowest BCUT2D eigenvalue weighted by Crippen LogP contribution is -2.50. The lowest BCUT2D eigenvalue weighted by atomic mass is 9.63. The molecule has 4 rings (SSSR count). The van der Waals surface area contributed by atoms with Gasteiger partial charge >= 0.3 is 11.7 Å². The molecule has 1 aromatic rings. The summed E-state index contributed by atoms with van der Waals surface area (Å²) < 4.78 is 2.42. The van der Waals surface area contributed by atoms with Crippen LogP contribution in [0.1, 0.15) is 86.6 Å². The van der Waals surface area contributed by atoms with Gasteiger partial charge in [-0.25, -0.2) is 4.79 Å². The summed E-state index contributed by atoms with van der Waals surface area (Å²) in [5, 5.41) is 22.0. The van der Waals surface area contributed by atoms with Gasteiger partial charge in [-0.1, -0.05) is 32.1 Å². The zero-order chi connectivity index (χ0) is 21.4. The molecule has 1 heterocycles. The van der Waals surface area contributed by atoms with Gasteiger partial charge < -0.3 is 15.5 Å². The lowest BCUT2D eigenvalue weighted by Gasteiger charge is -2.46. The number of fused-ring (bicyclic) bond motifs is 1. The van der Waals surface area contributed by atoms with Crippen LogP contribution in [0.3, 0.4) is 0 Å². The minimum atomic E-state index is -1.26. The second kappa shape index (κ2) is 8.28. The van der Waals surface area contributed by atoms with Crippen molar-refractivity contribution in [3.8, 4) is 5.88 Å². The van der Waals surface area contributed by atoms with Crippen LogP contribution in [-0.4, -0.2) is 37.8 Å². The summed E-state index contributed by atoms with van der Waals surface area (Å²) in [6, 6.07) is -0.552. The quantitative estimate of drug-likeness (QED) is 0.667. The second-order valence-corrected chi connectivity index (χ2v) is 8.89. The molecule has 1 amide bonds. The molecule has 3 aliphatic carbocycles. The van der Waals surface area contributed by atoms with Crippen LogP contribution in [0, 0.1) is 11.8 Å². The number of rotatable bonds is 5. The van der Waals surface area contributed by atoms with Crippen LogP contribution in [-0.2, 0) is 4.79 Å². The highest BCUT2D eigenvalue weighted by Crippen LogP contribution is 2.50. The van der Waals surface area contributed by atoms with Crippen LogP contribution in [0.15, 0.2) is 9.59 Å². The SMILES string of the molecule is O=C(O)CNC(=O)c1c(O)n([C@@H]2CCCC3CC[C@H]32)c(=O)n(C2CCCCC2)c1=O. The van der Waals surface area contributed by atoms with Gasteiger partial charge in [0.05, 0.1) is 0 Å². The Hall–Kier alpha value is -2.58. The van der Waals surface area contributed by atoms with Crippen LogP contribution in [0.2, 0.25) is 0 Å². The fourth-order valence-electron chi connectivity index (χ4n) is 5.62. The average molecular weight is 419 g/mol. The molecule has 0 saturated heterocycles. The molecule has 0 radical (unpaired) electrons. The van der Waals surface area contributed by atoms with E-state index in [1.165, 1.54) is 4.57 Å². The number of carbonyl (C=O) groups is 2. The van der Waals surface area contributed by atoms with Gasteiger partial charge in [-0.3, -0.25) is 23.5 Å². The summed E-state index contributed by atoms with van der Waals surface area (Å²) >= 11 is 0. The maximum absolute atomic E-state index is 13.5. The molecule has 0 aromatic carbocycles. The summed E-state index contributed by atoms with van der Waals surface area (Å²) in [4.78, 5) is 50.2. The molecule has 1 aromatic heterocycles. The number of amides is 1. The molecule has 1 unspecified atom stereocenters. The highest BCUT2D eigenvalue weighted by molar-refractivity contribution is 5.97. The van der Waals surface area contributed by atoms with Gasteiger partial charge in [0.15, 0.2) is 5.56 Å². The van der Waals surface area contributed by atoms with Gasteiger partial charge in [-0.2, -0.15) is 0 Å². The third-order valence-corrected chi connectivity index (χ3v) is 7.24. The number of aromatic hydroxyl groups is 1. The zero-order valence-electron chi connectivity index (χ0n) is 17.0. The zero-order valence-corrected chi connectivity index (χ0v) is 17.0. The fraction of sp³-hybridized carbons (Fsp3) is 0.714. The van der Waals surface area contributed by atoms with Gasteiger partial charge in [0.1, 0.15) is 6.54 Å². The summed E-state index contributed by atoms with van der Waals surface area (Å²) in [5.41, 5.74) is -1.90. The largest absolute Gasteiger partial charge is 0.494 e. The van der Waals surface area contributed by atoms with Crippen molar-refractivity contribution in [2.24, 2.45) is 11.8 Å². The summed E-state index contributed by atoms with van der Waals surface area (Å²) in [6.45, 7) is -0.672. The van der Waals surface area contributed by atoms with E-state index in [2.05, 4.69) is 5.32 Å². The van der Waals surface area contributed by atoms with Crippen molar-refractivity contribution in [1.82, 2.24) is 14.5 Å². The molecule has 3 atom stereocenters. The average Bonchev–Trinajstić information content (AvgIpc) is 2.68. The molecular formula is C21H29N3O6. The number of carbonyl (C=O) groups excluding carboxylic acids is 1. The number of nitrogens with one attached hydrogen (secondary N) is 1. The molecular weight excluding hydrogens is 390 g/mol. The van der Waals surface area contributed by atoms with Gasteiger partial charge in [-0.05, 0) is 43.9 Å². The molecule has 9 heteroatoms. The molecule has 0 bridgehead atoms. The second-order valence-electron chi connectivity index (χ2n) is 8.89. The van der Waals surface area contributed by atoms with E-state index >= 15 is 0 Å². The molecule has 3 saturated carbocycles. The van der Waals surface area contributed by atoms with E-state index in [1.807, 2.05) is 0 Å². The van der Waals surface area contributed by atoms with Gasteiger partial charge in [0, 0.05) is 12.1 Å². The fourth-order valence-corrected chi connectivity index (χ4v) is 5.62. The minimum Gasteiger partial charge on any atom is -0.494 e. The molecule has 9 nitrogen and oxygen atoms in total. The monoisotopic (exact) mass is 419 g/mol. The normalized spacial score (nSPS) is 26.5. The molecule has 164 valence electrons.